The second-order valence-corrected chi connectivity index (χ2v) is 6.64. The van der Waals surface area contributed by atoms with Crippen LogP contribution in [-0.2, 0) is 16.1 Å². The average molecular weight is 357 g/mol. The van der Waals surface area contributed by atoms with Gasteiger partial charge >= 0.3 is 5.97 Å². The molecule has 2 unspecified atom stereocenters. The molecule has 0 aliphatic rings. The predicted molar refractivity (Wildman–Crippen MR) is 99.9 cm³/mol. The second kappa shape index (κ2) is 8.70. The Morgan fingerprint density at radius 2 is 1.88 bits per heavy atom. The van der Waals surface area contributed by atoms with Gasteiger partial charge in [-0.25, -0.2) is 4.79 Å². The van der Waals surface area contributed by atoms with Crippen molar-refractivity contribution in [1.82, 2.24) is 4.90 Å². The first-order chi connectivity index (χ1) is 12.4. The minimum atomic E-state index is -0.437. The fourth-order valence-electron chi connectivity index (χ4n) is 3.09. The fraction of sp³-hybridized carbons (Fsp3) is 0.429. The van der Waals surface area contributed by atoms with E-state index in [1.165, 1.54) is 7.11 Å². The van der Waals surface area contributed by atoms with E-state index in [-0.39, 0.29) is 17.7 Å². The van der Waals surface area contributed by atoms with Crippen LogP contribution in [0.15, 0.2) is 40.8 Å². The summed E-state index contributed by atoms with van der Waals surface area (Å²) in [6, 6.07) is 11.5. The van der Waals surface area contributed by atoms with Crippen molar-refractivity contribution in [3.05, 3.63) is 59.0 Å². The lowest BCUT2D eigenvalue weighted by molar-refractivity contribution is -0.133. The van der Waals surface area contributed by atoms with E-state index in [0.717, 1.165) is 12.0 Å². The molecule has 0 aliphatic carbocycles. The van der Waals surface area contributed by atoms with Crippen molar-refractivity contribution in [2.24, 2.45) is 5.92 Å². The van der Waals surface area contributed by atoms with Crippen molar-refractivity contribution in [2.45, 2.75) is 39.7 Å². The monoisotopic (exact) mass is 357 g/mol. The number of hydrogen-bond donors (Lipinski definition) is 0. The molecule has 26 heavy (non-hydrogen) atoms. The van der Waals surface area contributed by atoms with Crippen LogP contribution in [0.1, 0.15) is 53.6 Å². The molecular weight excluding hydrogens is 330 g/mol. The number of hydrogen-bond acceptors (Lipinski definition) is 4. The van der Waals surface area contributed by atoms with E-state index in [2.05, 4.69) is 13.8 Å². The van der Waals surface area contributed by atoms with Crippen LogP contribution in [0.2, 0.25) is 0 Å². The molecule has 1 aromatic heterocycles. The van der Waals surface area contributed by atoms with Gasteiger partial charge in [0.05, 0.1) is 19.6 Å². The van der Waals surface area contributed by atoms with Crippen molar-refractivity contribution in [1.29, 1.82) is 0 Å². The zero-order valence-electron chi connectivity index (χ0n) is 16.1. The van der Waals surface area contributed by atoms with Crippen LogP contribution >= 0.6 is 0 Å². The third-order valence-electron chi connectivity index (χ3n) is 4.78. The number of nitrogens with zero attached hydrogens (tertiary/aromatic N) is 1. The van der Waals surface area contributed by atoms with Crippen molar-refractivity contribution >= 4 is 11.9 Å². The number of esters is 1. The van der Waals surface area contributed by atoms with Crippen LogP contribution in [0.25, 0.3) is 0 Å². The van der Waals surface area contributed by atoms with Crippen LogP contribution in [0, 0.1) is 12.8 Å². The SMILES string of the molecule is CCC(C)C(C(=O)N(C)Cc1cc(C(=O)OC)c(C)o1)c1ccccc1. The smallest absolute Gasteiger partial charge is 0.341 e. The Morgan fingerprint density at radius 3 is 2.46 bits per heavy atom. The number of furan rings is 1. The van der Waals surface area contributed by atoms with E-state index >= 15 is 0 Å². The molecule has 0 fully saturated rings. The van der Waals surface area contributed by atoms with Gasteiger partial charge in [0, 0.05) is 7.05 Å². The van der Waals surface area contributed by atoms with Gasteiger partial charge in [0.2, 0.25) is 5.91 Å². The highest BCUT2D eigenvalue weighted by molar-refractivity contribution is 5.90. The lowest BCUT2D eigenvalue weighted by atomic mass is 9.84. The topological polar surface area (TPSA) is 59.8 Å². The first kappa shape index (κ1) is 19.8. The van der Waals surface area contributed by atoms with Gasteiger partial charge in [-0.3, -0.25) is 4.79 Å². The normalized spacial score (nSPS) is 13.1. The molecular formula is C21H27NO4. The summed E-state index contributed by atoms with van der Waals surface area (Å²) >= 11 is 0. The van der Waals surface area contributed by atoms with E-state index in [1.807, 2.05) is 30.3 Å². The Morgan fingerprint density at radius 1 is 1.23 bits per heavy atom. The number of carbonyl (C=O) groups is 2. The maximum Gasteiger partial charge on any atom is 0.341 e. The first-order valence-electron chi connectivity index (χ1n) is 8.86. The molecule has 0 spiro atoms. The molecule has 0 saturated heterocycles. The van der Waals surface area contributed by atoms with Crippen molar-refractivity contribution in [3.63, 3.8) is 0 Å². The Labute approximate surface area is 154 Å². The van der Waals surface area contributed by atoms with Crippen LogP contribution in [-0.4, -0.2) is 30.9 Å². The summed E-state index contributed by atoms with van der Waals surface area (Å²) in [4.78, 5) is 26.5. The number of rotatable bonds is 7. The Kier molecular flexibility index (Phi) is 6.61. The van der Waals surface area contributed by atoms with Crippen molar-refractivity contribution < 1.29 is 18.7 Å². The molecule has 0 N–H and O–H groups in total. The standard InChI is InChI=1S/C21H27NO4/c1-6-14(2)19(16-10-8-7-9-11-16)20(23)22(4)13-17-12-18(15(3)26-17)21(24)25-5/h7-12,14,19H,6,13H2,1-5H3. The number of carbonyl (C=O) groups excluding carboxylic acids is 2. The molecule has 0 aliphatic heterocycles. The van der Waals surface area contributed by atoms with E-state index in [0.29, 0.717) is 23.6 Å². The zero-order valence-corrected chi connectivity index (χ0v) is 16.1. The molecule has 0 saturated carbocycles. The van der Waals surface area contributed by atoms with Crippen molar-refractivity contribution in [2.75, 3.05) is 14.2 Å². The third-order valence-corrected chi connectivity index (χ3v) is 4.78. The van der Waals surface area contributed by atoms with E-state index in [4.69, 9.17) is 9.15 Å². The van der Waals surface area contributed by atoms with Crippen LogP contribution < -0.4 is 0 Å². The van der Waals surface area contributed by atoms with Gasteiger partial charge in [0.25, 0.3) is 0 Å². The Hall–Kier alpha value is -2.56. The molecule has 2 rings (SSSR count). The molecule has 0 radical (unpaired) electrons. The Balaban J connectivity index is 2.20. The molecule has 2 aromatic rings. The van der Waals surface area contributed by atoms with Gasteiger partial charge in [-0.15, -0.1) is 0 Å². The highest BCUT2D eigenvalue weighted by atomic mass is 16.5. The number of likely N-dealkylation sites (N-methyl/N-ethyl adjacent to an activating group) is 1. The van der Waals surface area contributed by atoms with Crippen LogP contribution in [0.4, 0.5) is 0 Å². The van der Waals surface area contributed by atoms with E-state index in [9.17, 15) is 9.59 Å². The molecule has 1 amide bonds. The summed E-state index contributed by atoms with van der Waals surface area (Å²) in [6.07, 6.45) is 0.908. The van der Waals surface area contributed by atoms with Crippen LogP contribution in [0.3, 0.4) is 0 Å². The number of aryl methyl sites for hydroxylation is 1. The molecule has 1 heterocycles. The van der Waals surface area contributed by atoms with Gasteiger partial charge in [-0.05, 0) is 24.5 Å². The quantitative estimate of drug-likeness (QED) is 0.698. The molecule has 140 valence electrons. The summed E-state index contributed by atoms with van der Waals surface area (Å²) in [7, 11) is 3.09. The zero-order chi connectivity index (χ0) is 19.3. The maximum atomic E-state index is 13.1. The van der Waals surface area contributed by atoms with Gasteiger partial charge in [-0.1, -0.05) is 50.6 Å². The molecule has 0 bridgehead atoms. The number of benzene rings is 1. The van der Waals surface area contributed by atoms with Gasteiger partial charge < -0.3 is 14.1 Å². The van der Waals surface area contributed by atoms with Gasteiger partial charge in [0.15, 0.2) is 0 Å². The molecule has 5 heteroatoms. The molecule has 2 atom stereocenters. The summed E-state index contributed by atoms with van der Waals surface area (Å²) in [5.74, 6) is 0.676. The Bertz CT molecular complexity index is 751. The number of methoxy groups -OCH3 is 1. The first-order valence-corrected chi connectivity index (χ1v) is 8.86. The third kappa shape index (κ3) is 4.34. The highest BCUT2D eigenvalue weighted by Gasteiger charge is 2.29. The minimum Gasteiger partial charge on any atom is -0.465 e. The number of ether oxygens (including phenoxy) is 1. The van der Waals surface area contributed by atoms with Gasteiger partial charge in [0.1, 0.15) is 17.1 Å². The highest BCUT2D eigenvalue weighted by Crippen LogP contribution is 2.29. The van der Waals surface area contributed by atoms with Crippen LogP contribution in [0.5, 0.6) is 0 Å². The lowest BCUT2D eigenvalue weighted by Crippen LogP contribution is -2.34. The molecule has 1 aromatic carbocycles. The summed E-state index contributed by atoms with van der Waals surface area (Å²) in [6.45, 7) is 6.20. The molecule has 5 nitrogen and oxygen atoms in total. The fourth-order valence-corrected chi connectivity index (χ4v) is 3.09. The average Bonchev–Trinajstić information content (AvgIpc) is 3.01. The summed E-state index contributed by atoms with van der Waals surface area (Å²) in [5, 5.41) is 0. The minimum absolute atomic E-state index is 0.0409. The summed E-state index contributed by atoms with van der Waals surface area (Å²) in [5.41, 5.74) is 1.41. The lowest BCUT2D eigenvalue weighted by Gasteiger charge is -2.27. The van der Waals surface area contributed by atoms with Crippen molar-refractivity contribution in [3.8, 4) is 0 Å². The van der Waals surface area contributed by atoms with E-state index in [1.54, 1.807) is 24.9 Å². The van der Waals surface area contributed by atoms with Gasteiger partial charge in [-0.2, -0.15) is 0 Å². The summed E-state index contributed by atoms with van der Waals surface area (Å²) < 4.78 is 10.4. The van der Waals surface area contributed by atoms with E-state index < -0.39 is 5.97 Å². The largest absolute Gasteiger partial charge is 0.465 e. The second-order valence-electron chi connectivity index (χ2n) is 6.64. The predicted octanol–water partition coefficient (Wildman–Crippen LogP) is 4.16. The maximum absolute atomic E-state index is 13.1. The number of amides is 1.